The Morgan fingerprint density at radius 1 is 1.07 bits per heavy atom. The molecule has 0 fully saturated rings. The third-order valence-electron chi connectivity index (χ3n) is 4.18. The molecule has 1 N–H and O–H groups in total. The molecule has 0 bridgehead atoms. The average molecular weight is 429 g/mol. The van der Waals surface area contributed by atoms with Gasteiger partial charge in [-0.15, -0.1) is 10.2 Å². The van der Waals surface area contributed by atoms with Crippen LogP contribution in [0.1, 0.15) is 33.3 Å². The lowest BCUT2D eigenvalue weighted by atomic mass is 10.1. The summed E-state index contributed by atoms with van der Waals surface area (Å²) in [5, 5.41) is 12.8. The number of hydrogen-bond donors (Lipinski definition) is 1. The summed E-state index contributed by atoms with van der Waals surface area (Å²) in [7, 11) is 0. The van der Waals surface area contributed by atoms with Crippen LogP contribution in [0.2, 0.25) is 5.02 Å². The van der Waals surface area contributed by atoms with Crippen molar-refractivity contribution in [1.29, 1.82) is 0 Å². The molecule has 2 aromatic carbocycles. The smallest absolute Gasteiger partial charge is 0.233 e. The molecule has 1 amide bonds. The molecule has 152 valence electrons. The van der Waals surface area contributed by atoms with Crippen LogP contribution in [0.3, 0.4) is 0 Å². The standard InChI is InChI=1S/C22H25ClN4OS/c1-14-6-8-16(9-7-14)19-25-26-21(27(19)18-12-10-17(23)11-13-18)29-15(2)20(28)24-22(3,4)5/h6-13,15H,1-5H3,(H,24,28). The van der Waals surface area contributed by atoms with Crippen LogP contribution in [0.5, 0.6) is 0 Å². The first-order chi connectivity index (χ1) is 13.6. The van der Waals surface area contributed by atoms with Crippen LogP contribution in [0.25, 0.3) is 17.1 Å². The number of hydrogen-bond acceptors (Lipinski definition) is 4. The van der Waals surface area contributed by atoms with E-state index in [4.69, 9.17) is 11.6 Å². The number of aromatic nitrogens is 3. The maximum Gasteiger partial charge on any atom is 0.233 e. The highest BCUT2D eigenvalue weighted by molar-refractivity contribution is 8.00. The van der Waals surface area contributed by atoms with Crippen LogP contribution in [0, 0.1) is 6.92 Å². The SMILES string of the molecule is Cc1ccc(-c2nnc(SC(C)C(=O)NC(C)(C)C)n2-c2ccc(Cl)cc2)cc1. The highest BCUT2D eigenvalue weighted by Gasteiger charge is 2.24. The zero-order valence-corrected chi connectivity index (χ0v) is 18.8. The summed E-state index contributed by atoms with van der Waals surface area (Å²) in [5.41, 5.74) is 2.73. The van der Waals surface area contributed by atoms with Crippen molar-refractivity contribution in [2.24, 2.45) is 0 Å². The van der Waals surface area contributed by atoms with E-state index in [1.54, 1.807) is 0 Å². The van der Waals surface area contributed by atoms with E-state index in [0.717, 1.165) is 17.1 Å². The fraction of sp³-hybridized carbons (Fsp3) is 0.318. The van der Waals surface area contributed by atoms with Crippen molar-refractivity contribution in [3.05, 3.63) is 59.1 Å². The maximum atomic E-state index is 12.6. The molecule has 0 radical (unpaired) electrons. The van der Waals surface area contributed by atoms with E-state index in [2.05, 4.69) is 15.5 Å². The maximum absolute atomic E-state index is 12.6. The number of thioether (sulfide) groups is 1. The molecule has 0 aliphatic carbocycles. The van der Waals surface area contributed by atoms with Crippen molar-refractivity contribution in [3.8, 4) is 17.1 Å². The largest absolute Gasteiger partial charge is 0.351 e. The number of rotatable bonds is 5. The molecule has 7 heteroatoms. The summed E-state index contributed by atoms with van der Waals surface area (Å²) < 4.78 is 1.96. The molecule has 0 aliphatic heterocycles. The second-order valence-corrected chi connectivity index (χ2v) is 9.73. The summed E-state index contributed by atoms with van der Waals surface area (Å²) in [6.07, 6.45) is 0. The van der Waals surface area contributed by atoms with Gasteiger partial charge in [-0.2, -0.15) is 0 Å². The summed E-state index contributed by atoms with van der Waals surface area (Å²) in [6, 6.07) is 15.7. The van der Waals surface area contributed by atoms with Crippen molar-refractivity contribution >= 4 is 29.3 Å². The number of aryl methyl sites for hydroxylation is 1. The van der Waals surface area contributed by atoms with Gasteiger partial charge in [-0.1, -0.05) is 53.2 Å². The third kappa shape index (κ3) is 5.40. The van der Waals surface area contributed by atoms with Crippen LogP contribution in [-0.2, 0) is 4.79 Å². The quantitative estimate of drug-likeness (QED) is 0.561. The first kappa shape index (κ1) is 21.4. The fourth-order valence-electron chi connectivity index (χ4n) is 2.74. The minimum atomic E-state index is -0.324. The van der Waals surface area contributed by atoms with Crippen LogP contribution in [-0.4, -0.2) is 31.5 Å². The molecule has 0 saturated carbocycles. The highest BCUT2D eigenvalue weighted by Crippen LogP contribution is 2.31. The fourth-order valence-corrected chi connectivity index (χ4v) is 3.74. The van der Waals surface area contributed by atoms with Gasteiger partial charge in [-0.05, 0) is 58.9 Å². The topological polar surface area (TPSA) is 59.8 Å². The number of benzene rings is 2. The number of carbonyl (C=O) groups excluding carboxylic acids is 1. The summed E-state index contributed by atoms with van der Waals surface area (Å²) in [6.45, 7) is 9.82. The van der Waals surface area contributed by atoms with Gasteiger partial charge in [0.25, 0.3) is 0 Å². The summed E-state index contributed by atoms with van der Waals surface area (Å²) >= 11 is 7.46. The van der Waals surface area contributed by atoms with Gasteiger partial charge in [0.2, 0.25) is 5.91 Å². The van der Waals surface area contributed by atoms with Gasteiger partial charge in [0, 0.05) is 21.8 Å². The van der Waals surface area contributed by atoms with Gasteiger partial charge >= 0.3 is 0 Å². The van der Waals surface area contributed by atoms with Gasteiger partial charge < -0.3 is 5.32 Å². The van der Waals surface area contributed by atoms with Gasteiger partial charge in [-0.3, -0.25) is 9.36 Å². The second-order valence-electron chi connectivity index (χ2n) is 7.98. The number of halogens is 1. The van der Waals surface area contributed by atoms with E-state index in [0.29, 0.717) is 10.2 Å². The Morgan fingerprint density at radius 2 is 1.69 bits per heavy atom. The van der Waals surface area contributed by atoms with Crippen molar-refractivity contribution in [3.63, 3.8) is 0 Å². The number of amides is 1. The summed E-state index contributed by atoms with van der Waals surface area (Å²) in [4.78, 5) is 12.6. The molecule has 3 aromatic rings. The van der Waals surface area contributed by atoms with Crippen molar-refractivity contribution < 1.29 is 4.79 Å². The van der Waals surface area contributed by atoms with Crippen molar-refractivity contribution in [1.82, 2.24) is 20.1 Å². The van der Waals surface area contributed by atoms with Gasteiger partial charge in [0.1, 0.15) is 0 Å². The van der Waals surface area contributed by atoms with Crippen molar-refractivity contribution in [2.45, 2.75) is 50.6 Å². The van der Waals surface area contributed by atoms with Gasteiger partial charge in [0.15, 0.2) is 11.0 Å². The van der Waals surface area contributed by atoms with E-state index < -0.39 is 0 Å². The Bertz CT molecular complexity index is 991. The predicted octanol–water partition coefficient (Wildman–Crippen LogP) is 5.29. The van der Waals surface area contributed by atoms with Crippen LogP contribution in [0.4, 0.5) is 0 Å². The Hall–Kier alpha value is -2.31. The Morgan fingerprint density at radius 3 is 2.28 bits per heavy atom. The Kier molecular flexibility index (Phi) is 6.34. The molecule has 29 heavy (non-hydrogen) atoms. The molecule has 3 rings (SSSR count). The average Bonchev–Trinajstić information content (AvgIpc) is 3.05. The van der Waals surface area contributed by atoms with Crippen LogP contribution in [0.15, 0.2) is 53.7 Å². The molecule has 1 unspecified atom stereocenters. The number of nitrogens with one attached hydrogen (secondary N) is 1. The monoisotopic (exact) mass is 428 g/mol. The van der Waals surface area contributed by atoms with E-state index in [9.17, 15) is 4.79 Å². The lowest BCUT2D eigenvalue weighted by Gasteiger charge is -2.23. The third-order valence-corrected chi connectivity index (χ3v) is 5.47. The first-order valence-electron chi connectivity index (χ1n) is 9.41. The Labute approximate surface area is 180 Å². The predicted molar refractivity (Wildman–Crippen MR) is 120 cm³/mol. The molecule has 5 nitrogen and oxygen atoms in total. The summed E-state index contributed by atoms with van der Waals surface area (Å²) in [5.74, 6) is 0.684. The van der Waals surface area contributed by atoms with Gasteiger partial charge in [-0.25, -0.2) is 0 Å². The minimum absolute atomic E-state index is 0.0370. The highest BCUT2D eigenvalue weighted by atomic mass is 35.5. The molecular formula is C22H25ClN4OS. The van der Waals surface area contributed by atoms with Crippen molar-refractivity contribution in [2.75, 3.05) is 0 Å². The van der Waals surface area contributed by atoms with E-state index >= 15 is 0 Å². The molecule has 1 heterocycles. The Balaban J connectivity index is 2.00. The molecule has 0 saturated heterocycles. The molecule has 1 aromatic heterocycles. The minimum Gasteiger partial charge on any atom is -0.351 e. The molecule has 1 atom stereocenters. The van der Waals surface area contributed by atoms with E-state index in [1.165, 1.54) is 17.3 Å². The lowest BCUT2D eigenvalue weighted by molar-refractivity contribution is -0.121. The molecular weight excluding hydrogens is 404 g/mol. The van der Waals surface area contributed by atoms with E-state index in [-0.39, 0.29) is 16.7 Å². The number of carbonyl (C=O) groups is 1. The normalized spacial score (nSPS) is 12.6. The molecule has 0 spiro atoms. The van der Waals surface area contributed by atoms with Crippen LogP contribution < -0.4 is 5.32 Å². The second kappa shape index (κ2) is 8.59. The van der Waals surface area contributed by atoms with E-state index in [1.807, 2.05) is 87.7 Å². The van der Waals surface area contributed by atoms with Crippen LogP contribution >= 0.6 is 23.4 Å². The zero-order valence-electron chi connectivity index (χ0n) is 17.2. The lowest BCUT2D eigenvalue weighted by Crippen LogP contribution is -2.44. The first-order valence-corrected chi connectivity index (χ1v) is 10.7. The zero-order chi connectivity index (χ0) is 21.2. The molecule has 0 aliphatic rings. The number of nitrogens with zero attached hydrogens (tertiary/aromatic N) is 3. The van der Waals surface area contributed by atoms with Gasteiger partial charge in [0.05, 0.1) is 5.25 Å².